The molecule has 0 unspecified atom stereocenters. The summed E-state index contributed by atoms with van der Waals surface area (Å²) in [6.45, 7) is -0.520. The molecule has 0 saturated carbocycles. The normalized spacial score (nSPS) is 13.5. The summed E-state index contributed by atoms with van der Waals surface area (Å²) < 4.78 is 46.8. The van der Waals surface area contributed by atoms with Crippen molar-refractivity contribution in [3.63, 3.8) is 0 Å². The van der Waals surface area contributed by atoms with Gasteiger partial charge in [0.15, 0.2) is 6.61 Å². The van der Waals surface area contributed by atoms with Crippen molar-refractivity contribution in [1.29, 1.82) is 0 Å². The number of benzene rings is 1. The van der Waals surface area contributed by atoms with Gasteiger partial charge in [0.1, 0.15) is 5.56 Å². The molecule has 0 spiro atoms. The minimum atomic E-state index is -4.51. The van der Waals surface area contributed by atoms with E-state index in [0.29, 0.717) is 18.9 Å². The predicted molar refractivity (Wildman–Crippen MR) is 78.7 cm³/mol. The summed E-state index contributed by atoms with van der Waals surface area (Å²) in [6, 6.07) is 8.11. The maximum atomic E-state index is 12.3. The van der Waals surface area contributed by atoms with Crippen LogP contribution in [0.25, 0.3) is 0 Å². The zero-order chi connectivity index (χ0) is 17.2. The Morgan fingerprint density at radius 2 is 2.04 bits per heavy atom. The Bertz CT molecular complexity index is 762. The van der Waals surface area contributed by atoms with Crippen LogP contribution in [0.1, 0.15) is 21.5 Å². The summed E-state index contributed by atoms with van der Waals surface area (Å²) in [5.74, 6) is -0.962. The third-order valence-corrected chi connectivity index (χ3v) is 3.37. The molecule has 2 heterocycles. The number of hydrogen-bond donors (Lipinski definition) is 1. The lowest BCUT2D eigenvalue weighted by atomic mass is 10.1. The van der Waals surface area contributed by atoms with Crippen LogP contribution in [0.2, 0.25) is 0 Å². The number of amides is 1. The Kier molecular flexibility index (Phi) is 4.39. The fourth-order valence-corrected chi connectivity index (χ4v) is 2.28. The number of rotatable bonds is 4. The third-order valence-electron chi connectivity index (χ3n) is 3.37. The van der Waals surface area contributed by atoms with Crippen LogP contribution in [0.3, 0.4) is 0 Å². The Balaban J connectivity index is 1.75. The molecule has 24 heavy (non-hydrogen) atoms. The van der Waals surface area contributed by atoms with Gasteiger partial charge in [-0.15, -0.1) is 0 Å². The molecule has 0 radical (unpaired) electrons. The van der Waals surface area contributed by atoms with Crippen LogP contribution in [0.15, 0.2) is 36.5 Å². The molecule has 0 atom stereocenters. The van der Waals surface area contributed by atoms with E-state index in [0.717, 1.165) is 11.1 Å². The van der Waals surface area contributed by atoms with Crippen molar-refractivity contribution < 1.29 is 27.4 Å². The van der Waals surface area contributed by atoms with E-state index >= 15 is 0 Å². The third kappa shape index (κ3) is 3.83. The molecule has 3 rings (SSSR count). The standard InChI is InChI=1S/C16H13F3N2O3/c17-16(18,19)9-24-15-13(2-1-5-20-15)14(22)21-12-4-3-10-7-23-8-11(10)6-12/h1-6H,7-9H2,(H,21,22). The molecule has 0 aliphatic carbocycles. The van der Waals surface area contributed by atoms with Gasteiger partial charge in [-0.05, 0) is 35.4 Å². The fourth-order valence-electron chi connectivity index (χ4n) is 2.28. The molecule has 1 N–H and O–H groups in total. The summed E-state index contributed by atoms with van der Waals surface area (Å²) in [5, 5.41) is 2.63. The number of carbonyl (C=O) groups is 1. The Morgan fingerprint density at radius 3 is 2.83 bits per heavy atom. The van der Waals surface area contributed by atoms with Gasteiger partial charge in [0.25, 0.3) is 5.91 Å². The van der Waals surface area contributed by atoms with Crippen molar-refractivity contribution >= 4 is 11.6 Å². The van der Waals surface area contributed by atoms with Crippen molar-refractivity contribution in [1.82, 2.24) is 4.98 Å². The van der Waals surface area contributed by atoms with Crippen LogP contribution in [0.5, 0.6) is 5.88 Å². The average Bonchev–Trinajstić information content (AvgIpc) is 3.00. The van der Waals surface area contributed by atoms with Crippen molar-refractivity contribution in [3.8, 4) is 5.88 Å². The molecule has 1 aliphatic heterocycles. The van der Waals surface area contributed by atoms with Crippen LogP contribution >= 0.6 is 0 Å². The topological polar surface area (TPSA) is 60.5 Å². The van der Waals surface area contributed by atoms with E-state index in [1.54, 1.807) is 12.1 Å². The zero-order valence-corrected chi connectivity index (χ0v) is 12.4. The van der Waals surface area contributed by atoms with Crippen molar-refractivity contribution in [2.75, 3.05) is 11.9 Å². The molecule has 2 aromatic rings. The van der Waals surface area contributed by atoms with Gasteiger partial charge < -0.3 is 14.8 Å². The minimum Gasteiger partial charge on any atom is -0.467 e. The molecule has 0 fully saturated rings. The summed E-state index contributed by atoms with van der Waals surface area (Å²) in [7, 11) is 0. The molecular formula is C16H13F3N2O3. The van der Waals surface area contributed by atoms with E-state index in [9.17, 15) is 18.0 Å². The molecule has 126 valence electrons. The summed E-state index contributed by atoms with van der Waals surface area (Å²) >= 11 is 0. The molecule has 1 aromatic heterocycles. The first kappa shape index (κ1) is 16.3. The van der Waals surface area contributed by atoms with E-state index in [1.807, 2.05) is 6.07 Å². The highest BCUT2D eigenvalue weighted by Crippen LogP contribution is 2.25. The summed E-state index contributed by atoms with van der Waals surface area (Å²) in [6.07, 6.45) is -3.25. The molecule has 0 saturated heterocycles. The summed E-state index contributed by atoms with van der Waals surface area (Å²) in [4.78, 5) is 16.0. The number of alkyl halides is 3. The largest absolute Gasteiger partial charge is 0.467 e. The molecule has 0 bridgehead atoms. The fraction of sp³-hybridized carbons (Fsp3) is 0.250. The number of carbonyl (C=O) groups excluding carboxylic acids is 1. The minimum absolute atomic E-state index is 0.0708. The number of hydrogen-bond acceptors (Lipinski definition) is 4. The molecule has 5 nitrogen and oxygen atoms in total. The van der Waals surface area contributed by atoms with Gasteiger partial charge in [0, 0.05) is 11.9 Å². The van der Waals surface area contributed by atoms with Crippen LogP contribution in [0.4, 0.5) is 18.9 Å². The summed E-state index contributed by atoms with van der Waals surface area (Å²) in [5.41, 5.74) is 2.46. The first-order valence-electron chi connectivity index (χ1n) is 7.08. The lowest BCUT2D eigenvalue weighted by molar-refractivity contribution is -0.154. The SMILES string of the molecule is O=C(Nc1ccc2c(c1)COC2)c1cccnc1OCC(F)(F)F. The van der Waals surface area contributed by atoms with Gasteiger partial charge in [-0.25, -0.2) is 4.98 Å². The van der Waals surface area contributed by atoms with Crippen LogP contribution in [-0.2, 0) is 18.0 Å². The maximum Gasteiger partial charge on any atom is 0.422 e. The van der Waals surface area contributed by atoms with E-state index in [1.165, 1.54) is 18.3 Å². The Hall–Kier alpha value is -2.61. The first-order valence-corrected chi connectivity index (χ1v) is 7.08. The smallest absolute Gasteiger partial charge is 0.422 e. The molecule has 8 heteroatoms. The highest BCUT2D eigenvalue weighted by atomic mass is 19.4. The van der Waals surface area contributed by atoms with Gasteiger partial charge >= 0.3 is 6.18 Å². The Morgan fingerprint density at radius 1 is 1.25 bits per heavy atom. The first-order chi connectivity index (χ1) is 11.4. The lowest BCUT2D eigenvalue weighted by Gasteiger charge is -2.12. The van der Waals surface area contributed by atoms with Crippen LogP contribution < -0.4 is 10.1 Å². The number of nitrogens with one attached hydrogen (secondary N) is 1. The predicted octanol–water partition coefficient (Wildman–Crippen LogP) is 3.31. The highest BCUT2D eigenvalue weighted by Gasteiger charge is 2.29. The van der Waals surface area contributed by atoms with Crippen LogP contribution in [-0.4, -0.2) is 23.7 Å². The van der Waals surface area contributed by atoms with Gasteiger partial charge in [0.05, 0.1) is 13.2 Å². The highest BCUT2D eigenvalue weighted by molar-refractivity contribution is 6.05. The second-order valence-corrected chi connectivity index (χ2v) is 5.19. The van der Waals surface area contributed by atoms with Gasteiger partial charge in [-0.1, -0.05) is 6.07 Å². The number of ether oxygens (including phenoxy) is 2. The maximum absolute atomic E-state index is 12.3. The monoisotopic (exact) mass is 338 g/mol. The molecule has 1 aliphatic rings. The van der Waals surface area contributed by atoms with E-state index in [4.69, 9.17) is 4.74 Å². The van der Waals surface area contributed by atoms with E-state index < -0.39 is 18.7 Å². The van der Waals surface area contributed by atoms with Gasteiger partial charge in [0.2, 0.25) is 5.88 Å². The van der Waals surface area contributed by atoms with E-state index in [-0.39, 0.29) is 11.4 Å². The van der Waals surface area contributed by atoms with Gasteiger partial charge in [-0.3, -0.25) is 4.79 Å². The number of anilines is 1. The number of nitrogens with zero attached hydrogens (tertiary/aromatic N) is 1. The molecular weight excluding hydrogens is 325 g/mol. The van der Waals surface area contributed by atoms with E-state index in [2.05, 4.69) is 15.0 Å². The zero-order valence-electron chi connectivity index (χ0n) is 12.4. The lowest BCUT2D eigenvalue weighted by Crippen LogP contribution is -2.22. The number of pyridine rings is 1. The van der Waals surface area contributed by atoms with Crippen molar-refractivity contribution in [3.05, 3.63) is 53.2 Å². The van der Waals surface area contributed by atoms with Crippen LogP contribution in [0, 0.1) is 0 Å². The number of aromatic nitrogens is 1. The second kappa shape index (κ2) is 6.48. The number of halogens is 3. The average molecular weight is 338 g/mol. The van der Waals surface area contributed by atoms with Crippen molar-refractivity contribution in [2.45, 2.75) is 19.4 Å². The van der Waals surface area contributed by atoms with Gasteiger partial charge in [-0.2, -0.15) is 13.2 Å². The number of fused-ring (bicyclic) bond motifs is 1. The molecule has 1 aromatic carbocycles. The Labute approximate surface area is 135 Å². The quantitative estimate of drug-likeness (QED) is 0.929. The molecule has 1 amide bonds. The second-order valence-electron chi connectivity index (χ2n) is 5.19. The van der Waals surface area contributed by atoms with Crippen molar-refractivity contribution in [2.24, 2.45) is 0 Å².